The van der Waals surface area contributed by atoms with Crippen LogP contribution in [0.3, 0.4) is 0 Å². The molecule has 0 aliphatic rings. The zero-order valence-electron chi connectivity index (χ0n) is 13.8. The molecule has 1 rings (SSSR count). The van der Waals surface area contributed by atoms with Gasteiger partial charge in [-0.15, -0.1) is 0 Å². The van der Waals surface area contributed by atoms with Gasteiger partial charge in [0.15, 0.2) is 0 Å². The molecule has 0 radical (unpaired) electrons. The second kappa shape index (κ2) is 8.92. The fraction of sp³-hybridized carbons (Fsp3) is 0.471. The third-order valence-electron chi connectivity index (χ3n) is 3.70. The minimum absolute atomic E-state index is 0.0511. The minimum Gasteiger partial charge on any atom is -0.481 e. The molecule has 0 aliphatic carbocycles. The van der Waals surface area contributed by atoms with Crippen LogP contribution >= 0.6 is 0 Å². The summed E-state index contributed by atoms with van der Waals surface area (Å²) in [4.78, 5) is 34.1. The number of hydrogen-bond donors (Lipinski definition) is 3. The first kappa shape index (κ1) is 18.7. The highest BCUT2D eigenvalue weighted by atomic mass is 16.4. The molecule has 0 spiro atoms. The molecule has 126 valence electrons. The van der Waals surface area contributed by atoms with Crippen LogP contribution in [0, 0.1) is 11.8 Å². The van der Waals surface area contributed by atoms with Gasteiger partial charge in [-0.25, -0.2) is 0 Å². The molecule has 0 bridgehead atoms. The SMILES string of the molecule is CC(C)C(C)CC(=O)Nc1ccc(C(=O)NCCC(=O)O)cc1. The number of aliphatic carboxylic acids is 1. The first-order valence-electron chi connectivity index (χ1n) is 7.69. The standard InChI is InChI=1S/C17H24N2O4/c1-11(2)12(3)10-15(20)19-14-6-4-13(5-7-14)17(23)18-9-8-16(21)22/h4-7,11-12H,8-10H2,1-3H3,(H,18,23)(H,19,20)(H,21,22). The number of anilines is 1. The van der Waals surface area contributed by atoms with Gasteiger partial charge in [-0.2, -0.15) is 0 Å². The summed E-state index contributed by atoms with van der Waals surface area (Å²) in [5.41, 5.74) is 1.05. The van der Waals surface area contributed by atoms with Gasteiger partial charge in [0.1, 0.15) is 0 Å². The summed E-state index contributed by atoms with van der Waals surface area (Å²) in [6.07, 6.45) is 0.336. The predicted molar refractivity (Wildman–Crippen MR) is 88.3 cm³/mol. The van der Waals surface area contributed by atoms with E-state index in [2.05, 4.69) is 24.5 Å². The fourth-order valence-corrected chi connectivity index (χ4v) is 1.83. The third kappa shape index (κ3) is 6.95. The van der Waals surface area contributed by atoms with Gasteiger partial charge in [-0.1, -0.05) is 20.8 Å². The molecule has 0 saturated heterocycles. The summed E-state index contributed by atoms with van der Waals surface area (Å²) in [6, 6.07) is 6.50. The number of carboxylic acids is 1. The Morgan fingerprint density at radius 1 is 1.09 bits per heavy atom. The molecule has 1 unspecified atom stereocenters. The number of carbonyl (C=O) groups excluding carboxylic acids is 2. The van der Waals surface area contributed by atoms with E-state index in [9.17, 15) is 14.4 Å². The van der Waals surface area contributed by atoms with Crippen LogP contribution in [-0.2, 0) is 9.59 Å². The Labute approximate surface area is 136 Å². The molecule has 1 atom stereocenters. The summed E-state index contributed by atoms with van der Waals surface area (Å²) < 4.78 is 0. The van der Waals surface area contributed by atoms with E-state index in [0.29, 0.717) is 29.5 Å². The number of carboxylic acid groups (broad SMARTS) is 1. The van der Waals surface area contributed by atoms with Crippen molar-refractivity contribution in [3.8, 4) is 0 Å². The number of carbonyl (C=O) groups is 3. The van der Waals surface area contributed by atoms with Gasteiger partial charge in [-0.05, 0) is 36.1 Å². The van der Waals surface area contributed by atoms with Crippen LogP contribution < -0.4 is 10.6 Å². The van der Waals surface area contributed by atoms with Gasteiger partial charge in [0.05, 0.1) is 6.42 Å². The third-order valence-corrected chi connectivity index (χ3v) is 3.70. The Kier molecular flexibility index (Phi) is 7.25. The molecule has 0 saturated carbocycles. The molecule has 0 heterocycles. The molecule has 6 nitrogen and oxygen atoms in total. The quantitative estimate of drug-likeness (QED) is 0.686. The molecule has 0 fully saturated rings. The van der Waals surface area contributed by atoms with E-state index in [1.807, 2.05) is 6.92 Å². The van der Waals surface area contributed by atoms with Gasteiger partial charge >= 0.3 is 5.97 Å². The van der Waals surface area contributed by atoms with Crippen molar-refractivity contribution in [2.75, 3.05) is 11.9 Å². The van der Waals surface area contributed by atoms with Crippen molar-refractivity contribution < 1.29 is 19.5 Å². The molecular formula is C17H24N2O4. The van der Waals surface area contributed by atoms with Crippen molar-refractivity contribution in [2.24, 2.45) is 11.8 Å². The zero-order valence-corrected chi connectivity index (χ0v) is 13.8. The van der Waals surface area contributed by atoms with E-state index in [0.717, 1.165) is 0 Å². The normalized spacial score (nSPS) is 11.8. The lowest BCUT2D eigenvalue weighted by Gasteiger charge is -2.15. The second-order valence-corrected chi connectivity index (χ2v) is 5.95. The minimum atomic E-state index is -0.959. The summed E-state index contributed by atoms with van der Waals surface area (Å²) >= 11 is 0. The maximum absolute atomic E-state index is 11.9. The largest absolute Gasteiger partial charge is 0.481 e. The highest BCUT2D eigenvalue weighted by molar-refractivity contribution is 5.95. The maximum Gasteiger partial charge on any atom is 0.305 e. The van der Waals surface area contributed by atoms with Crippen LogP contribution in [0.4, 0.5) is 5.69 Å². The Balaban J connectivity index is 2.51. The van der Waals surface area contributed by atoms with E-state index in [1.165, 1.54) is 0 Å². The van der Waals surface area contributed by atoms with Crippen LogP contribution in [0.1, 0.15) is 44.0 Å². The average molecular weight is 320 g/mol. The summed E-state index contributed by atoms with van der Waals surface area (Å²) in [5.74, 6) is -0.603. The van der Waals surface area contributed by atoms with E-state index >= 15 is 0 Å². The molecule has 23 heavy (non-hydrogen) atoms. The van der Waals surface area contributed by atoms with Crippen LogP contribution in [0.15, 0.2) is 24.3 Å². The number of benzene rings is 1. The number of rotatable bonds is 8. The fourth-order valence-electron chi connectivity index (χ4n) is 1.83. The number of nitrogens with one attached hydrogen (secondary N) is 2. The van der Waals surface area contributed by atoms with Crippen molar-refractivity contribution in [1.82, 2.24) is 5.32 Å². The van der Waals surface area contributed by atoms with Gasteiger partial charge in [0, 0.05) is 24.2 Å². The monoisotopic (exact) mass is 320 g/mol. The van der Waals surface area contributed by atoms with Gasteiger partial charge in [-0.3, -0.25) is 14.4 Å². The van der Waals surface area contributed by atoms with Crippen LogP contribution in [0.2, 0.25) is 0 Å². The van der Waals surface area contributed by atoms with Crippen LogP contribution in [0.25, 0.3) is 0 Å². The molecular weight excluding hydrogens is 296 g/mol. The van der Waals surface area contributed by atoms with Gasteiger partial charge < -0.3 is 15.7 Å². The first-order valence-corrected chi connectivity index (χ1v) is 7.69. The Bertz CT molecular complexity index is 552. The molecule has 3 N–H and O–H groups in total. The molecule has 2 amide bonds. The lowest BCUT2D eigenvalue weighted by molar-refractivity contribution is -0.136. The van der Waals surface area contributed by atoms with E-state index in [-0.39, 0.29) is 24.8 Å². The first-order chi connectivity index (χ1) is 10.8. The van der Waals surface area contributed by atoms with E-state index in [4.69, 9.17) is 5.11 Å². The molecule has 0 aromatic heterocycles. The Morgan fingerprint density at radius 2 is 1.70 bits per heavy atom. The number of hydrogen-bond acceptors (Lipinski definition) is 3. The number of amides is 2. The summed E-state index contributed by atoms with van der Waals surface area (Å²) in [7, 11) is 0. The zero-order chi connectivity index (χ0) is 17.4. The Morgan fingerprint density at radius 3 is 2.22 bits per heavy atom. The Hall–Kier alpha value is -2.37. The van der Waals surface area contributed by atoms with E-state index < -0.39 is 5.97 Å². The molecule has 6 heteroatoms. The topological polar surface area (TPSA) is 95.5 Å². The van der Waals surface area contributed by atoms with Gasteiger partial charge in [0.2, 0.25) is 5.91 Å². The second-order valence-electron chi connectivity index (χ2n) is 5.95. The van der Waals surface area contributed by atoms with Gasteiger partial charge in [0.25, 0.3) is 5.91 Å². The smallest absolute Gasteiger partial charge is 0.305 e. The summed E-state index contributed by atoms with van der Waals surface area (Å²) in [5, 5.41) is 13.8. The van der Waals surface area contributed by atoms with Crippen LogP contribution in [0.5, 0.6) is 0 Å². The molecule has 1 aromatic carbocycles. The average Bonchev–Trinajstić information content (AvgIpc) is 2.47. The predicted octanol–water partition coefficient (Wildman–Crippen LogP) is 2.51. The van der Waals surface area contributed by atoms with E-state index in [1.54, 1.807) is 24.3 Å². The molecule has 0 aliphatic heterocycles. The summed E-state index contributed by atoms with van der Waals surface area (Å²) in [6.45, 7) is 6.28. The maximum atomic E-state index is 11.9. The lowest BCUT2D eigenvalue weighted by atomic mass is 9.94. The highest BCUT2D eigenvalue weighted by Crippen LogP contribution is 2.16. The highest BCUT2D eigenvalue weighted by Gasteiger charge is 2.13. The van der Waals surface area contributed by atoms with Crippen molar-refractivity contribution in [2.45, 2.75) is 33.6 Å². The molecule has 1 aromatic rings. The van der Waals surface area contributed by atoms with Crippen molar-refractivity contribution in [1.29, 1.82) is 0 Å². The van der Waals surface area contributed by atoms with Crippen molar-refractivity contribution >= 4 is 23.5 Å². The lowest BCUT2D eigenvalue weighted by Crippen LogP contribution is -2.26. The van der Waals surface area contributed by atoms with Crippen molar-refractivity contribution in [3.05, 3.63) is 29.8 Å². The van der Waals surface area contributed by atoms with Crippen molar-refractivity contribution in [3.63, 3.8) is 0 Å². The van der Waals surface area contributed by atoms with Crippen LogP contribution in [-0.4, -0.2) is 29.4 Å².